The van der Waals surface area contributed by atoms with Gasteiger partial charge in [-0.1, -0.05) is 71.2 Å². The van der Waals surface area contributed by atoms with Crippen LogP contribution in [0.25, 0.3) is 0 Å². The Morgan fingerprint density at radius 2 is 0.800 bits per heavy atom. The van der Waals surface area contributed by atoms with Crippen molar-refractivity contribution in [3.63, 3.8) is 0 Å². The molecule has 12 heteroatoms. The van der Waals surface area contributed by atoms with Gasteiger partial charge in [-0.25, -0.2) is 0 Å². The lowest BCUT2D eigenvalue weighted by atomic mass is 9.98. The molecule has 0 saturated heterocycles. The number of carbonyl (C=O) groups is 4. The van der Waals surface area contributed by atoms with E-state index in [2.05, 4.69) is 0 Å². The third-order valence-corrected chi connectivity index (χ3v) is 6.71. The molecule has 0 radical (unpaired) electrons. The maximum atomic E-state index is 12.2. The second-order valence-corrected chi connectivity index (χ2v) is 12.5. The van der Waals surface area contributed by atoms with E-state index in [0.717, 1.165) is 16.7 Å². The van der Waals surface area contributed by atoms with Crippen LogP contribution in [0.2, 0.25) is 15.1 Å². The van der Waals surface area contributed by atoms with Crippen molar-refractivity contribution in [2.24, 2.45) is 0 Å². The SMILES string of the molecule is CC(C)(O)c1ccc(Cl)cc1.CC(C)(OC(=O)CC(=O)OC(C)(C)c1ccc(Cl)cc1)c1ccc(Cl)cc1.O=C(O)CC(=O)O. The summed E-state index contributed by atoms with van der Waals surface area (Å²) < 4.78 is 10.9. The number of esters is 2. The van der Waals surface area contributed by atoms with Gasteiger partial charge in [0.1, 0.15) is 24.0 Å². The van der Waals surface area contributed by atoms with E-state index in [1.807, 2.05) is 12.1 Å². The van der Waals surface area contributed by atoms with Gasteiger partial charge in [-0.15, -0.1) is 0 Å². The third-order valence-electron chi connectivity index (χ3n) is 5.96. The molecule has 45 heavy (non-hydrogen) atoms. The molecule has 244 valence electrons. The summed E-state index contributed by atoms with van der Waals surface area (Å²) in [6, 6.07) is 21.2. The molecule has 0 aliphatic rings. The van der Waals surface area contributed by atoms with Gasteiger partial charge >= 0.3 is 23.9 Å². The van der Waals surface area contributed by atoms with Gasteiger partial charge in [-0.05, 0) is 94.6 Å². The predicted octanol–water partition coefficient (Wildman–Crippen LogP) is 7.75. The first-order valence-electron chi connectivity index (χ1n) is 13.5. The zero-order valence-electron chi connectivity index (χ0n) is 25.8. The van der Waals surface area contributed by atoms with Crippen molar-refractivity contribution in [3.8, 4) is 0 Å². The average molecular weight is 684 g/mol. The quantitative estimate of drug-likeness (QED) is 0.152. The van der Waals surface area contributed by atoms with Crippen LogP contribution < -0.4 is 0 Å². The van der Waals surface area contributed by atoms with Crippen LogP contribution in [0.15, 0.2) is 72.8 Å². The lowest BCUT2D eigenvalue weighted by Gasteiger charge is -2.27. The van der Waals surface area contributed by atoms with Crippen LogP contribution in [0.4, 0.5) is 0 Å². The van der Waals surface area contributed by atoms with Crippen molar-refractivity contribution in [3.05, 3.63) is 105 Å². The van der Waals surface area contributed by atoms with Crippen molar-refractivity contribution in [1.29, 1.82) is 0 Å². The molecule has 0 aromatic heterocycles. The number of aliphatic carboxylic acids is 2. The Morgan fingerprint density at radius 3 is 1.02 bits per heavy atom. The maximum Gasteiger partial charge on any atom is 0.318 e. The van der Waals surface area contributed by atoms with Crippen molar-refractivity contribution in [1.82, 2.24) is 0 Å². The Hall–Kier alpha value is -3.63. The van der Waals surface area contributed by atoms with E-state index in [0.29, 0.717) is 15.1 Å². The minimum absolute atomic E-state index is 0.478. The summed E-state index contributed by atoms with van der Waals surface area (Å²) in [5.41, 5.74) is -0.140. The van der Waals surface area contributed by atoms with Gasteiger partial charge < -0.3 is 24.8 Å². The molecule has 0 aliphatic carbocycles. The number of rotatable bonds is 9. The van der Waals surface area contributed by atoms with E-state index < -0.39 is 53.5 Å². The Kier molecular flexibility index (Phi) is 15.0. The van der Waals surface area contributed by atoms with E-state index >= 15 is 0 Å². The Morgan fingerprint density at radius 1 is 0.533 bits per heavy atom. The third kappa shape index (κ3) is 15.3. The number of aliphatic hydroxyl groups is 1. The van der Waals surface area contributed by atoms with Gasteiger partial charge in [-0.3, -0.25) is 19.2 Å². The zero-order chi connectivity index (χ0) is 34.6. The van der Waals surface area contributed by atoms with E-state index in [1.54, 1.807) is 102 Å². The molecule has 9 nitrogen and oxygen atoms in total. The number of hydrogen-bond donors (Lipinski definition) is 3. The van der Waals surface area contributed by atoms with Crippen LogP contribution in [-0.2, 0) is 45.5 Å². The van der Waals surface area contributed by atoms with Crippen LogP contribution in [0.3, 0.4) is 0 Å². The van der Waals surface area contributed by atoms with E-state index in [-0.39, 0.29) is 0 Å². The van der Waals surface area contributed by atoms with E-state index in [9.17, 15) is 24.3 Å². The standard InChI is InChI=1S/C21H22Cl2O4.C9H11ClO.C3H4O4/c1-20(2,14-5-9-16(22)10-6-14)26-18(24)13-19(25)27-21(3,4)15-7-11-17(23)12-8-15;1-9(2,11)7-3-5-8(10)6-4-7;4-2(5)1-3(6)7/h5-12H,13H2,1-4H3;3-6,11H,1-2H3;1H2,(H,4,5)(H,6,7). The van der Waals surface area contributed by atoms with Gasteiger partial charge in [0.05, 0.1) is 5.60 Å². The van der Waals surface area contributed by atoms with Crippen LogP contribution in [-0.4, -0.2) is 39.2 Å². The van der Waals surface area contributed by atoms with Gasteiger partial charge in [-0.2, -0.15) is 0 Å². The summed E-state index contributed by atoms with van der Waals surface area (Å²) in [7, 11) is 0. The molecule has 3 aromatic rings. The first-order chi connectivity index (χ1) is 20.6. The largest absolute Gasteiger partial charge is 0.481 e. The normalized spacial score (nSPS) is 11.2. The zero-order valence-corrected chi connectivity index (χ0v) is 28.0. The molecule has 0 amide bonds. The summed E-state index contributed by atoms with van der Waals surface area (Å²) in [4.78, 5) is 43.3. The Balaban J connectivity index is 0.000000458. The molecular weight excluding hydrogens is 647 g/mol. The van der Waals surface area contributed by atoms with Crippen LogP contribution >= 0.6 is 34.8 Å². The summed E-state index contributed by atoms with van der Waals surface area (Å²) in [5, 5.41) is 26.8. The van der Waals surface area contributed by atoms with Crippen molar-refractivity contribution < 1.29 is 44.0 Å². The average Bonchev–Trinajstić information content (AvgIpc) is 2.88. The minimum Gasteiger partial charge on any atom is -0.481 e. The first-order valence-corrected chi connectivity index (χ1v) is 14.6. The first kappa shape index (κ1) is 39.4. The lowest BCUT2D eigenvalue weighted by Crippen LogP contribution is -2.30. The molecule has 0 aliphatic heterocycles. The summed E-state index contributed by atoms with van der Waals surface area (Å²) in [6.07, 6.45) is -1.28. The van der Waals surface area contributed by atoms with E-state index in [4.69, 9.17) is 54.5 Å². The molecule has 3 rings (SSSR count). The fourth-order valence-corrected chi connectivity index (χ4v) is 3.94. The summed E-state index contributed by atoms with van der Waals surface area (Å²) >= 11 is 17.4. The van der Waals surface area contributed by atoms with E-state index in [1.165, 1.54) is 0 Å². The minimum atomic E-state index is -1.31. The molecule has 0 spiro atoms. The number of ether oxygens (including phenoxy) is 2. The molecule has 0 unspecified atom stereocenters. The number of halogens is 3. The number of carboxylic acids is 2. The molecule has 0 heterocycles. The van der Waals surface area contributed by atoms with Crippen LogP contribution in [0.1, 0.15) is 71.1 Å². The monoisotopic (exact) mass is 682 g/mol. The van der Waals surface area contributed by atoms with Gasteiger partial charge in [0.15, 0.2) is 0 Å². The molecule has 0 fully saturated rings. The number of benzene rings is 3. The lowest BCUT2D eigenvalue weighted by molar-refractivity contribution is -0.169. The summed E-state index contributed by atoms with van der Waals surface area (Å²) in [5.74, 6) is -3.95. The number of hydrogen-bond acceptors (Lipinski definition) is 7. The molecule has 0 atom stereocenters. The fraction of sp³-hybridized carbons (Fsp3) is 0.333. The molecule has 0 bridgehead atoms. The van der Waals surface area contributed by atoms with Crippen molar-refractivity contribution in [2.45, 2.75) is 71.2 Å². The van der Waals surface area contributed by atoms with Crippen molar-refractivity contribution in [2.75, 3.05) is 0 Å². The number of carboxylic acid groups (broad SMARTS) is 2. The Bertz CT molecular complexity index is 1340. The van der Waals surface area contributed by atoms with Gasteiger partial charge in [0, 0.05) is 15.1 Å². The van der Waals surface area contributed by atoms with Gasteiger partial charge in [0.25, 0.3) is 0 Å². The highest BCUT2D eigenvalue weighted by atomic mass is 35.5. The maximum absolute atomic E-state index is 12.2. The highest BCUT2D eigenvalue weighted by Crippen LogP contribution is 2.29. The summed E-state index contributed by atoms with van der Waals surface area (Å²) in [6.45, 7) is 10.5. The molecular formula is C33H37Cl3O9. The highest BCUT2D eigenvalue weighted by Gasteiger charge is 2.30. The molecule has 3 N–H and O–H groups in total. The van der Waals surface area contributed by atoms with Crippen LogP contribution in [0.5, 0.6) is 0 Å². The second-order valence-electron chi connectivity index (χ2n) is 11.2. The second kappa shape index (κ2) is 17.2. The molecule has 3 aromatic carbocycles. The fourth-order valence-electron chi connectivity index (χ4n) is 3.57. The smallest absolute Gasteiger partial charge is 0.318 e. The highest BCUT2D eigenvalue weighted by molar-refractivity contribution is 6.31. The topological polar surface area (TPSA) is 147 Å². The van der Waals surface area contributed by atoms with Gasteiger partial charge in [0.2, 0.25) is 0 Å². The Labute approximate surface area is 277 Å². The number of carbonyl (C=O) groups excluding carboxylic acids is 2. The predicted molar refractivity (Wildman–Crippen MR) is 172 cm³/mol. The van der Waals surface area contributed by atoms with Crippen LogP contribution in [0, 0.1) is 0 Å². The van der Waals surface area contributed by atoms with Crippen molar-refractivity contribution >= 4 is 58.7 Å². The molecule has 0 saturated carbocycles.